The van der Waals surface area contributed by atoms with Crippen LogP contribution in [-0.4, -0.2) is 62.3 Å². The van der Waals surface area contributed by atoms with Crippen LogP contribution in [0.25, 0.3) is 0 Å². The molecule has 1 N–H and O–H groups in total. The summed E-state index contributed by atoms with van der Waals surface area (Å²) < 4.78 is 25.8. The van der Waals surface area contributed by atoms with Crippen molar-refractivity contribution in [1.29, 1.82) is 0 Å². The van der Waals surface area contributed by atoms with Crippen molar-refractivity contribution in [1.82, 2.24) is 10.2 Å². The summed E-state index contributed by atoms with van der Waals surface area (Å²) in [6, 6.07) is 11.4. The average molecular weight is 486 g/mol. The van der Waals surface area contributed by atoms with Crippen molar-refractivity contribution in [3.05, 3.63) is 52.8 Å². The van der Waals surface area contributed by atoms with Crippen LogP contribution in [-0.2, 0) is 11.2 Å². The number of ether oxygens (including phenoxy) is 2. The van der Waals surface area contributed by atoms with Gasteiger partial charge in [-0.1, -0.05) is 11.6 Å². The Kier molecular flexibility index (Phi) is 5.77. The summed E-state index contributed by atoms with van der Waals surface area (Å²) in [4.78, 5) is 18.1. The number of hydrogen-bond donors (Lipinski definition) is 1. The van der Waals surface area contributed by atoms with Gasteiger partial charge in [-0.15, -0.1) is 0 Å². The molecule has 180 valence electrons. The van der Waals surface area contributed by atoms with E-state index in [9.17, 15) is 9.18 Å². The fourth-order valence-electron chi connectivity index (χ4n) is 6.26. The van der Waals surface area contributed by atoms with Crippen LogP contribution in [0.4, 0.5) is 10.1 Å². The molecule has 0 saturated carbocycles. The van der Waals surface area contributed by atoms with Crippen molar-refractivity contribution in [2.75, 3.05) is 44.3 Å². The summed E-state index contributed by atoms with van der Waals surface area (Å²) in [6.45, 7) is 4.37. The van der Waals surface area contributed by atoms with E-state index in [4.69, 9.17) is 21.1 Å². The van der Waals surface area contributed by atoms with E-state index in [0.29, 0.717) is 37.0 Å². The molecule has 2 aromatic carbocycles. The largest absolute Gasteiger partial charge is 0.486 e. The highest BCUT2D eigenvalue weighted by Crippen LogP contribution is 2.40. The minimum atomic E-state index is -0.403. The van der Waals surface area contributed by atoms with Crippen LogP contribution >= 0.6 is 11.6 Å². The van der Waals surface area contributed by atoms with Gasteiger partial charge in [0.05, 0.1) is 5.92 Å². The van der Waals surface area contributed by atoms with E-state index < -0.39 is 5.82 Å². The number of carbonyl (C=O) groups is 1. The van der Waals surface area contributed by atoms with Gasteiger partial charge in [0.2, 0.25) is 5.91 Å². The fraction of sp³-hybridized carbons (Fsp3) is 0.500. The predicted molar refractivity (Wildman–Crippen MR) is 128 cm³/mol. The zero-order valence-electron chi connectivity index (χ0n) is 19.0. The number of benzene rings is 2. The van der Waals surface area contributed by atoms with Crippen molar-refractivity contribution < 1.29 is 18.7 Å². The van der Waals surface area contributed by atoms with Gasteiger partial charge >= 0.3 is 0 Å². The Hall–Kier alpha value is -2.51. The number of halogens is 2. The third-order valence-corrected chi connectivity index (χ3v) is 8.00. The lowest BCUT2D eigenvalue weighted by Gasteiger charge is -2.44. The molecule has 0 aromatic heterocycles. The third-order valence-electron chi connectivity index (χ3n) is 7.75. The quantitative estimate of drug-likeness (QED) is 0.718. The molecule has 6 nitrogen and oxygen atoms in total. The van der Waals surface area contributed by atoms with Gasteiger partial charge in [-0.2, -0.15) is 0 Å². The Morgan fingerprint density at radius 3 is 2.62 bits per heavy atom. The molecule has 8 heteroatoms. The van der Waals surface area contributed by atoms with E-state index in [1.165, 1.54) is 18.9 Å². The van der Waals surface area contributed by atoms with Gasteiger partial charge in [0.25, 0.3) is 0 Å². The molecular formula is C26H29ClFN3O3. The number of likely N-dealkylation sites (tertiary alicyclic amines) is 1. The van der Waals surface area contributed by atoms with Gasteiger partial charge in [-0.05, 0) is 74.3 Å². The van der Waals surface area contributed by atoms with Crippen molar-refractivity contribution in [3.8, 4) is 11.5 Å². The average Bonchev–Trinajstić information content (AvgIpc) is 3.51. The second-order valence-electron chi connectivity index (χ2n) is 9.81. The molecule has 34 heavy (non-hydrogen) atoms. The molecule has 4 aliphatic heterocycles. The molecule has 4 atom stereocenters. The zero-order chi connectivity index (χ0) is 23.2. The number of amides is 1. The predicted octanol–water partition coefficient (Wildman–Crippen LogP) is 3.51. The number of hydrogen-bond acceptors (Lipinski definition) is 5. The van der Waals surface area contributed by atoms with Crippen LogP contribution in [0.5, 0.6) is 11.5 Å². The lowest BCUT2D eigenvalue weighted by Crippen LogP contribution is -2.63. The second kappa shape index (κ2) is 8.93. The van der Waals surface area contributed by atoms with E-state index in [2.05, 4.69) is 15.1 Å². The molecule has 0 spiro atoms. The van der Waals surface area contributed by atoms with Gasteiger partial charge in [0.1, 0.15) is 13.2 Å². The molecule has 6 rings (SSSR count). The Labute approximate surface area is 204 Å². The Balaban J connectivity index is 1.29. The Morgan fingerprint density at radius 1 is 1.06 bits per heavy atom. The van der Waals surface area contributed by atoms with E-state index in [1.807, 2.05) is 30.3 Å². The lowest BCUT2D eigenvalue weighted by molar-refractivity contribution is -0.131. The highest BCUT2D eigenvalue weighted by molar-refractivity contribution is 6.30. The minimum absolute atomic E-state index is 0.0606. The molecule has 0 bridgehead atoms. The number of anilines is 1. The summed E-state index contributed by atoms with van der Waals surface area (Å²) in [7, 11) is 0. The molecule has 1 amide bonds. The summed E-state index contributed by atoms with van der Waals surface area (Å²) in [5.41, 5.74) is 1.92. The maximum Gasteiger partial charge on any atom is 0.225 e. The van der Waals surface area contributed by atoms with Crippen LogP contribution < -0.4 is 19.7 Å². The lowest BCUT2D eigenvalue weighted by atomic mass is 9.78. The minimum Gasteiger partial charge on any atom is -0.486 e. The Morgan fingerprint density at radius 2 is 1.82 bits per heavy atom. The summed E-state index contributed by atoms with van der Waals surface area (Å²) in [5.74, 6) is 0.491. The van der Waals surface area contributed by atoms with E-state index in [0.717, 1.165) is 30.9 Å². The van der Waals surface area contributed by atoms with E-state index in [-0.39, 0.29) is 35.6 Å². The number of carbonyl (C=O) groups excluding carboxylic acids is 1. The maximum atomic E-state index is 14.7. The first kappa shape index (κ1) is 22.0. The highest BCUT2D eigenvalue weighted by atomic mass is 35.5. The monoisotopic (exact) mass is 485 g/mol. The standard InChI is InChI=1S/C26H29ClFN3O3/c27-17-3-5-18(6-4-17)31-14-19-20(15-31)26(32)29-22(24(19)30-7-1-2-8-30)12-16-11-21(28)25-23(13-16)33-9-10-34-25/h3-6,11,13,19-20,22,24H,1-2,7-10,12,14-15H2,(H,29,32). The molecule has 4 unspecified atom stereocenters. The first-order chi connectivity index (χ1) is 16.6. The topological polar surface area (TPSA) is 54.0 Å². The van der Waals surface area contributed by atoms with E-state index >= 15 is 0 Å². The SMILES string of the molecule is O=C1NC(Cc2cc(F)c3c(c2)OCCO3)C(N2CCCC2)C2CN(c3ccc(Cl)cc3)CC12. The van der Waals surface area contributed by atoms with Crippen LogP contribution in [0.15, 0.2) is 36.4 Å². The van der Waals surface area contributed by atoms with Gasteiger partial charge in [-0.3, -0.25) is 9.69 Å². The van der Waals surface area contributed by atoms with Gasteiger partial charge in [-0.25, -0.2) is 4.39 Å². The first-order valence-corrected chi connectivity index (χ1v) is 12.6. The zero-order valence-corrected chi connectivity index (χ0v) is 19.8. The molecule has 2 aromatic rings. The number of rotatable bonds is 4. The number of nitrogens with one attached hydrogen (secondary N) is 1. The maximum absolute atomic E-state index is 14.7. The van der Waals surface area contributed by atoms with Crippen molar-refractivity contribution in [2.24, 2.45) is 11.8 Å². The van der Waals surface area contributed by atoms with E-state index in [1.54, 1.807) is 0 Å². The highest BCUT2D eigenvalue weighted by Gasteiger charge is 2.51. The molecular weight excluding hydrogens is 457 g/mol. The summed E-state index contributed by atoms with van der Waals surface area (Å²) in [6.07, 6.45) is 2.91. The molecule has 3 fully saturated rings. The molecule has 0 aliphatic carbocycles. The normalized spacial score (nSPS) is 28.6. The van der Waals surface area contributed by atoms with Crippen LogP contribution in [0.3, 0.4) is 0 Å². The summed E-state index contributed by atoms with van der Waals surface area (Å²) in [5, 5.41) is 4.03. The van der Waals surface area contributed by atoms with Crippen molar-refractivity contribution in [3.63, 3.8) is 0 Å². The fourth-order valence-corrected chi connectivity index (χ4v) is 6.39. The van der Waals surface area contributed by atoms with Gasteiger partial charge in [0.15, 0.2) is 17.3 Å². The van der Waals surface area contributed by atoms with Crippen LogP contribution in [0.2, 0.25) is 5.02 Å². The second-order valence-corrected chi connectivity index (χ2v) is 10.2. The van der Waals surface area contributed by atoms with Crippen LogP contribution in [0.1, 0.15) is 18.4 Å². The Bertz CT molecular complexity index is 1080. The third kappa shape index (κ3) is 3.99. The molecule has 0 radical (unpaired) electrons. The smallest absolute Gasteiger partial charge is 0.225 e. The summed E-state index contributed by atoms with van der Waals surface area (Å²) >= 11 is 6.09. The van der Waals surface area contributed by atoms with Crippen LogP contribution in [0, 0.1) is 17.7 Å². The first-order valence-electron chi connectivity index (χ1n) is 12.2. The molecule has 4 aliphatic rings. The number of nitrogens with zero attached hydrogens (tertiary/aromatic N) is 2. The number of piperidine rings is 1. The van der Waals surface area contributed by atoms with Crippen molar-refractivity contribution >= 4 is 23.2 Å². The number of fused-ring (bicyclic) bond motifs is 2. The molecule has 4 heterocycles. The van der Waals surface area contributed by atoms with Gasteiger partial charge < -0.3 is 19.7 Å². The van der Waals surface area contributed by atoms with Gasteiger partial charge in [0, 0.05) is 41.8 Å². The molecule has 3 saturated heterocycles. The van der Waals surface area contributed by atoms with Crippen molar-refractivity contribution in [2.45, 2.75) is 31.3 Å².